The first-order valence-electron chi connectivity index (χ1n) is 10.6. The molecule has 1 heterocycles. The average Bonchev–Trinajstić information content (AvgIpc) is 3.14. The Bertz CT molecular complexity index is 1100. The summed E-state index contributed by atoms with van der Waals surface area (Å²) >= 11 is 0. The molecule has 0 radical (unpaired) electrons. The molecule has 0 atom stereocenters. The van der Waals surface area contributed by atoms with E-state index in [0.717, 1.165) is 11.3 Å². The van der Waals surface area contributed by atoms with Gasteiger partial charge in [-0.1, -0.05) is 48.5 Å². The zero-order valence-electron chi connectivity index (χ0n) is 18.0. The summed E-state index contributed by atoms with van der Waals surface area (Å²) in [7, 11) is 0. The molecule has 4 rings (SSSR count). The van der Waals surface area contributed by atoms with E-state index < -0.39 is 5.91 Å². The topological polar surface area (TPSA) is 77.1 Å². The predicted molar refractivity (Wildman–Crippen MR) is 125 cm³/mol. The summed E-state index contributed by atoms with van der Waals surface area (Å²) in [6.45, 7) is 1.79. The van der Waals surface area contributed by atoms with Crippen LogP contribution in [0.15, 0.2) is 90.5 Å². The van der Waals surface area contributed by atoms with Crippen LogP contribution in [0.2, 0.25) is 0 Å². The number of hydrogen-bond acceptors (Lipinski definition) is 5. The lowest BCUT2D eigenvalue weighted by Crippen LogP contribution is -2.35. The first-order chi connectivity index (χ1) is 16.2. The molecule has 1 aliphatic rings. The van der Waals surface area contributed by atoms with Crippen molar-refractivity contribution >= 4 is 23.6 Å². The fourth-order valence-electron chi connectivity index (χ4n) is 3.20. The highest BCUT2D eigenvalue weighted by Gasteiger charge is 2.34. The van der Waals surface area contributed by atoms with Gasteiger partial charge in [-0.25, -0.2) is 5.01 Å². The molecule has 1 N–H and O–H groups in total. The number of hydrogen-bond donors (Lipinski definition) is 1. The van der Waals surface area contributed by atoms with Crippen LogP contribution < -0.4 is 19.9 Å². The Morgan fingerprint density at radius 3 is 1.91 bits per heavy atom. The first-order valence-corrected chi connectivity index (χ1v) is 10.6. The number of ether oxygens (including phenoxy) is 3. The molecule has 0 aliphatic carbocycles. The van der Waals surface area contributed by atoms with Crippen molar-refractivity contribution in [3.05, 3.63) is 96.1 Å². The molecule has 168 valence electrons. The Balaban J connectivity index is 1.22. The Kier molecular flexibility index (Phi) is 7.35. The molecule has 2 amide bonds. The Labute approximate surface area is 192 Å². The third-order valence-corrected chi connectivity index (χ3v) is 4.83. The summed E-state index contributed by atoms with van der Waals surface area (Å²) in [6.07, 6.45) is 1.57. The average molecular weight is 444 g/mol. The number of para-hydroxylation sites is 2. The van der Waals surface area contributed by atoms with Crippen LogP contribution in [0.25, 0.3) is 6.08 Å². The number of nitrogens with one attached hydrogen (secondary N) is 1. The van der Waals surface area contributed by atoms with Crippen molar-refractivity contribution in [3.8, 4) is 11.5 Å². The maximum absolute atomic E-state index is 12.6. The van der Waals surface area contributed by atoms with Crippen molar-refractivity contribution in [2.45, 2.75) is 0 Å². The van der Waals surface area contributed by atoms with Gasteiger partial charge >= 0.3 is 0 Å². The maximum atomic E-state index is 12.6. The van der Waals surface area contributed by atoms with E-state index >= 15 is 0 Å². The normalized spacial score (nSPS) is 14.4. The van der Waals surface area contributed by atoms with Gasteiger partial charge in [0, 0.05) is 0 Å². The van der Waals surface area contributed by atoms with E-state index in [0.29, 0.717) is 37.9 Å². The lowest BCUT2D eigenvalue weighted by Gasteiger charge is -2.13. The summed E-state index contributed by atoms with van der Waals surface area (Å²) in [5.41, 5.74) is 4.01. The SMILES string of the molecule is O=C1NN(c2ccccc2)C(=O)C1=Cc1ccc(OCCOCCOc2ccccc2)cc1. The molecule has 7 nitrogen and oxygen atoms in total. The third-order valence-electron chi connectivity index (χ3n) is 4.83. The summed E-state index contributed by atoms with van der Waals surface area (Å²) < 4.78 is 16.7. The number of rotatable bonds is 10. The van der Waals surface area contributed by atoms with Gasteiger partial charge in [0.25, 0.3) is 11.8 Å². The molecule has 1 fully saturated rings. The molecule has 0 bridgehead atoms. The lowest BCUT2D eigenvalue weighted by molar-refractivity contribution is -0.117. The molecule has 33 heavy (non-hydrogen) atoms. The van der Waals surface area contributed by atoms with Crippen LogP contribution >= 0.6 is 0 Å². The van der Waals surface area contributed by atoms with Gasteiger partial charge < -0.3 is 14.2 Å². The van der Waals surface area contributed by atoms with Crippen molar-refractivity contribution in [3.63, 3.8) is 0 Å². The Morgan fingerprint density at radius 2 is 1.27 bits per heavy atom. The molecule has 1 saturated heterocycles. The second kappa shape index (κ2) is 11.0. The smallest absolute Gasteiger partial charge is 0.282 e. The van der Waals surface area contributed by atoms with Crippen molar-refractivity contribution in [2.75, 3.05) is 31.4 Å². The van der Waals surface area contributed by atoms with Crippen LogP contribution in [-0.4, -0.2) is 38.2 Å². The molecule has 1 aliphatic heterocycles. The van der Waals surface area contributed by atoms with Crippen molar-refractivity contribution < 1.29 is 23.8 Å². The predicted octanol–water partition coefficient (Wildman–Crippen LogP) is 3.62. The number of carbonyl (C=O) groups is 2. The zero-order valence-corrected chi connectivity index (χ0v) is 18.0. The van der Waals surface area contributed by atoms with E-state index in [9.17, 15) is 9.59 Å². The highest BCUT2D eigenvalue weighted by Crippen LogP contribution is 2.22. The highest BCUT2D eigenvalue weighted by molar-refractivity contribution is 6.31. The van der Waals surface area contributed by atoms with Crippen molar-refractivity contribution in [1.82, 2.24) is 5.43 Å². The van der Waals surface area contributed by atoms with Gasteiger partial charge in [-0.3, -0.25) is 15.0 Å². The molecular weight excluding hydrogens is 420 g/mol. The van der Waals surface area contributed by atoms with E-state index in [1.807, 2.05) is 36.4 Å². The molecule has 3 aromatic rings. The number of hydrazine groups is 1. The van der Waals surface area contributed by atoms with Crippen LogP contribution in [0.1, 0.15) is 5.56 Å². The standard InChI is InChI=1S/C26H24N2O5/c29-25-24(26(30)28(27-25)21-7-3-1-4-8-21)19-20-11-13-23(14-12-20)33-18-16-31-15-17-32-22-9-5-2-6-10-22/h1-14,19H,15-18H2,(H,27,29). The van der Waals surface area contributed by atoms with Gasteiger partial charge in [-0.15, -0.1) is 0 Å². The number of amides is 2. The summed E-state index contributed by atoms with van der Waals surface area (Å²) in [5, 5.41) is 1.25. The molecule has 0 unspecified atom stereocenters. The van der Waals surface area contributed by atoms with Gasteiger partial charge in [0.05, 0.1) is 18.9 Å². The maximum Gasteiger partial charge on any atom is 0.282 e. The van der Waals surface area contributed by atoms with Crippen molar-refractivity contribution in [2.24, 2.45) is 0 Å². The van der Waals surface area contributed by atoms with Gasteiger partial charge in [0.2, 0.25) is 0 Å². The van der Waals surface area contributed by atoms with Crippen LogP contribution in [-0.2, 0) is 14.3 Å². The fraction of sp³-hybridized carbons (Fsp3) is 0.154. The molecule has 0 saturated carbocycles. The lowest BCUT2D eigenvalue weighted by atomic mass is 10.1. The number of anilines is 1. The Morgan fingerprint density at radius 1 is 0.697 bits per heavy atom. The number of nitrogens with zero attached hydrogens (tertiary/aromatic N) is 1. The van der Waals surface area contributed by atoms with E-state index in [4.69, 9.17) is 14.2 Å². The van der Waals surface area contributed by atoms with Crippen LogP contribution in [0.5, 0.6) is 11.5 Å². The third kappa shape index (κ3) is 5.99. The fourth-order valence-corrected chi connectivity index (χ4v) is 3.20. The molecular formula is C26H24N2O5. The minimum Gasteiger partial charge on any atom is -0.491 e. The van der Waals surface area contributed by atoms with E-state index in [-0.39, 0.29) is 11.5 Å². The second-order valence-electron chi connectivity index (χ2n) is 7.17. The van der Waals surface area contributed by atoms with Gasteiger partial charge in [0.15, 0.2) is 0 Å². The quantitative estimate of drug-likeness (QED) is 0.294. The molecule has 0 aromatic heterocycles. The monoisotopic (exact) mass is 444 g/mol. The minimum atomic E-state index is -0.433. The Hall–Kier alpha value is -4.10. The second-order valence-corrected chi connectivity index (χ2v) is 7.17. The summed E-state index contributed by atoms with van der Waals surface area (Å²) in [5.74, 6) is 0.670. The van der Waals surface area contributed by atoms with Crippen LogP contribution in [0.3, 0.4) is 0 Å². The number of benzene rings is 3. The van der Waals surface area contributed by atoms with Gasteiger partial charge in [-0.05, 0) is 48.0 Å². The van der Waals surface area contributed by atoms with Gasteiger partial charge in [0.1, 0.15) is 30.3 Å². The van der Waals surface area contributed by atoms with Gasteiger partial charge in [-0.2, -0.15) is 0 Å². The molecule has 7 heteroatoms. The largest absolute Gasteiger partial charge is 0.491 e. The summed E-state index contributed by atoms with van der Waals surface area (Å²) in [4.78, 5) is 24.9. The molecule has 3 aromatic carbocycles. The minimum absolute atomic E-state index is 0.0821. The van der Waals surface area contributed by atoms with E-state index in [1.54, 1.807) is 54.6 Å². The van der Waals surface area contributed by atoms with Crippen LogP contribution in [0.4, 0.5) is 5.69 Å². The van der Waals surface area contributed by atoms with E-state index in [1.165, 1.54) is 5.01 Å². The van der Waals surface area contributed by atoms with Crippen LogP contribution in [0, 0.1) is 0 Å². The van der Waals surface area contributed by atoms with Crippen molar-refractivity contribution in [1.29, 1.82) is 0 Å². The zero-order chi connectivity index (χ0) is 22.9. The molecule has 0 spiro atoms. The summed E-state index contributed by atoms with van der Waals surface area (Å²) in [6, 6.07) is 25.7. The first kappa shape index (κ1) is 22.1. The highest BCUT2D eigenvalue weighted by atomic mass is 16.5. The number of carbonyl (C=O) groups excluding carboxylic acids is 2. The van der Waals surface area contributed by atoms with E-state index in [2.05, 4.69) is 5.43 Å².